The molecule has 3 aromatic carbocycles. The summed E-state index contributed by atoms with van der Waals surface area (Å²) >= 11 is 6.12. The summed E-state index contributed by atoms with van der Waals surface area (Å²) in [6, 6.07) is 29.0. The maximum atomic E-state index is 10.5. The van der Waals surface area contributed by atoms with E-state index in [0.29, 0.717) is 17.3 Å². The predicted octanol–water partition coefficient (Wildman–Crippen LogP) is 4.49. The van der Waals surface area contributed by atoms with Crippen LogP contribution in [0.2, 0.25) is 5.02 Å². The molecule has 0 radical (unpaired) electrons. The number of halogens is 1. The van der Waals surface area contributed by atoms with Gasteiger partial charge >= 0.3 is 0 Å². The van der Waals surface area contributed by atoms with Crippen molar-refractivity contribution >= 4 is 11.6 Å². The van der Waals surface area contributed by atoms with Crippen LogP contribution in [0.3, 0.4) is 0 Å². The van der Waals surface area contributed by atoms with E-state index in [2.05, 4.69) is 70.5 Å². The Morgan fingerprint density at radius 1 is 0.774 bits per heavy atom. The Morgan fingerprint density at radius 2 is 1.32 bits per heavy atom. The van der Waals surface area contributed by atoms with Crippen molar-refractivity contribution in [1.29, 1.82) is 0 Å². The zero-order valence-electron chi connectivity index (χ0n) is 17.6. The standard InChI is InChI=1S/C26H29ClN2O2/c27-24-13-7-8-14-25(24)31-20-23(30)19-28-15-17-29(18-16-28)26(21-9-3-1-4-10-21)22-11-5-2-6-12-22/h1-14,23,26,30H,15-20H2. The summed E-state index contributed by atoms with van der Waals surface area (Å²) in [7, 11) is 0. The highest BCUT2D eigenvalue weighted by molar-refractivity contribution is 6.32. The van der Waals surface area contributed by atoms with Crippen molar-refractivity contribution in [1.82, 2.24) is 9.80 Å². The maximum Gasteiger partial charge on any atom is 0.138 e. The number of rotatable bonds is 8. The van der Waals surface area contributed by atoms with Gasteiger partial charge in [-0.1, -0.05) is 84.4 Å². The van der Waals surface area contributed by atoms with E-state index in [0.717, 1.165) is 26.2 Å². The minimum atomic E-state index is -0.554. The average Bonchev–Trinajstić information content (AvgIpc) is 2.81. The number of aliphatic hydroxyl groups excluding tert-OH is 1. The number of ether oxygens (including phenoxy) is 1. The van der Waals surface area contributed by atoms with E-state index in [1.165, 1.54) is 11.1 Å². The van der Waals surface area contributed by atoms with Crippen molar-refractivity contribution < 1.29 is 9.84 Å². The summed E-state index contributed by atoms with van der Waals surface area (Å²) in [5.41, 5.74) is 2.63. The van der Waals surface area contributed by atoms with E-state index in [1.807, 2.05) is 18.2 Å². The summed E-state index contributed by atoms with van der Waals surface area (Å²) < 4.78 is 5.70. The van der Waals surface area contributed by atoms with Gasteiger partial charge in [0.25, 0.3) is 0 Å². The van der Waals surface area contributed by atoms with Crippen LogP contribution in [0.1, 0.15) is 17.2 Å². The SMILES string of the molecule is OC(COc1ccccc1Cl)CN1CCN(C(c2ccccc2)c2ccccc2)CC1. The van der Waals surface area contributed by atoms with E-state index in [1.54, 1.807) is 6.07 Å². The average molecular weight is 437 g/mol. The number of hydrogen-bond acceptors (Lipinski definition) is 4. The highest BCUT2D eigenvalue weighted by Crippen LogP contribution is 2.29. The van der Waals surface area contributed by atoms with Crippen molar-refractivity contribution in [3.63, 3.8) is 0 Å². The molecule has 0 aliphatic carbocycles. The van der Waals surface area contributed by atoms with Crippen LogP contribution >= 0.6 is 11.6 Å². The van der Waals surface area contributed by atoms with Gasteiger partial charge < -0.3 is 9.84 Å². The number of piperazine rings is 1. The van der Waals surface area contributed by atoms with Gasteiger partial charge in [0, 0.05) is 32.7 Å². The zero-order chi connectivity index (χ0) is 21.5. The molecule has 5 heteroatoms. The Kier molecular flexibility index (Phi) is 7.60. The molecule has 0 saturated carbocycles. The van der Waals surface area contributed by atoms with Gasteiger partial charge in [0.2, 0.25) is 0 Å². The van der Waals surface area contributed by atoms with Gasteiger partial charge in [-0.15, -0.1) is 0 Å². The van der Waals surface area contributed by atoms with Crippen LogP contribution in [0.15, 0.2) is 84.9 Å². The number of hydrogen-bond donors (Lipinski definition) is 1. The third kappa shape index (κ3) is 5.86. The molecule has 3 aromatic rings. The van der Waals surface area contributed by atoms with Crippen molar-refractivity contribution in [3.8, 4) is 5.75 Å². The highest BCUT2D eigenvalue weighted by Gasteiger charge is 2.27. The van der Waals surface area contributed by atoms with Crippen LogP contribution in [0.4, 0.5) is 0 Å². The normalized spacial score (nSPS) is 16.4. The molecular formula is C26H29ClN2O2. The first-order valence-corrected chi connectivity index (χ1v) is 11.2. The number of nitrogens with zero attached hydrogens (tertiary/aromatic N) is 2. The lowest BCUT2D eigenvalue weighted by atomic mass is 9.96. The molecule has 4 rings (SSSR count). The molecule has 1 fully saturated rings. The molecule has 1 aliphatic rings. The van der Waals surface area contributed by atoms with Gasteiger partial charge in [-0.05, 0) is 23.3 Å². The van der Waals surface area contributed by atoms with Crippen LogP contribution < -0.4 is 4.74 Å². The molecule has 0 bridgehead atoms. The van der Waals surface area contributed by atoms with Crippen molar-refractivity contribution in [2.24, 2.45) is 0 Å². The lowest BCUT2D eigenvalue weighted by Crippen LogP contribution is -2.50. The van der Waals surface area contributed by atoms with Gasteiger partial charge in [-0.2, -0.15) is 0 Å². The summed E-state index contributed by atoms with van der Waals surface area (Å²) in [5, 5.41) is 11.0. The number of β-amino-alcohol motifs (C(OH)–C–C–N with tert-alkyl or cyclic N) is 1. The highest BCUT2D eigenvalue weighted by atomic mass is 35.5. The topological polar surface area (TPSA) is 35.9 Å². The smallest absolute Gasteiger partial charge is 0.138 e. The molecule has 1 unspecified atom stereocenters. The fourth-order valence-corrected chi connectivity index (χ4v) is 4.38. The van der Waals surface area contributed by atoms with Crippen LogP contribution in [0.25, 0.3) is 0 Å². The Balaban J connectivity index is 1.33. The van der Waals surface area contributed by atoms with Crippen LogP contribution in [0, 0.1) is 0 Å². The quantitative estimate of drug-likeness (QED) is 0.564. The molecule has 1 heterocycles. The Hall–Kier alpha value is -2.37. The van der Waals surface area contributed by atoms with Crippen molar-refractivity contribution in [2.75, 3.05) is 39.3 Å². The summed E-state index contributed by atoms with van der Waals surface area (Å²) in [4.78, 5) is 4.85. The molecule has 0 spiro atoms. The molecule has 1 saturated heterocycles. The zero-order valence-corrected chi connectivity index (χ0v) is 18.4. The van der Waals surface area contributed by atoms with E-state index in [-0.39, 0.29) is 12.6 Å². The van der Waals surface area contributed by atoms with Gasteiger partial charge in [-0.3, -0.25) is 9.80 Å². The minimum Gasteiger partial charge on any atom is -0.489 e. The summed E-state index contributed by atoms with van der Waals surface area (Å²) in [6.45, 7) is 4.57. The predicted molar refractivity (Wildman–Crippen MR) is 126 cm³/mol. The molecule has 1 N–H and O–H groups in total. The van der Waals surface area contributed by atoms with Gasteiger partial charge in [-0.25, -0.2) is 0 Å². The van der Waals surface area contributed by atoms with Crippen LogP contribution in [-0.2, 0) is 0 Å². The molecule has 0 amide bonds. The number of para-hydroxylation sites is 1. The fourth-order valence-electron chi connectivity index (χ4n) is 4.19. The summed E-state index contributed by atoms with van der Waals surface area (Å²) in [5.74, 6) is 0.613. The molecule has 0 aromatic heterocycles. The molecule has 1 atom stereocenters. The Morgan fingerprint density at radius 3 is 1.90 bits per heavy atom. The van der Waals surface area contributed by atoms with Crippen LogP contribution in [0.5, 0.6) is 5.75 Å². The molecular weight excluding hydrogens is 408 g/mol. The van der Waals surface area contributed by atoms with E-state index < -0.39 is 6.10 Å². The maximum absolute atomic E-state index is 10.5. The van der Waals surface area contributed by atoms with Crippen molar-refractivity contribution in [3.05, 3.63) is 101 Å². The van der Waals surface area contributed by atoms with Gasteiger partial charge in [0.15, 0.2) is 0 Å². The fraction of sp³-hybridized carbons (Fsp3) is 0.308. The molecule has 31 heavy (non-hydrogen) atoms. The monoisotopic (exact) mass is 436 g/mol. The lowest BCUT2D eigenvalue weighted by Gasteiger charge is -2.40. The third-order valence-corrected chi connectivity index (χ3v) is 6.05. The number of aliphatic hydroxyl groups is 1. The van der Waals surface area contributed by atoms with Gasteiger partial charge in [0.05, 0.1) is 11.1 Å². The Labute approximate surface area is 189 Å². The minimum absolute atomic E-state index is 0.237. The molecule has 4 nitrogen and oxygen atoms in total. The second kappa shape index (κ2) is 10.8. The molecule has 162 valence electrons. The van der Waals surface area contributed by atoms with E-state index in [4.69, 9.17) is 16.3 Å². The second-order valence-corrected chi connectivity index (χ2v) is 8.36. The first-order valence-electron chi connectivity index (χ1n) is 10.8. The summed E-state index contributed by atoms with van der Waals surface area (Å²) in [6.07, 6.45) is -0.554. The second-order valence-electron chi connectivity index (χ2n) is 7.96. The number of benzene rings is 3. The third-order valence-electron chi connectivity index (χ3n) is 5.74. The van der Waals surface area contributed by atoms with E-state index in [9.17, 15) is 5.11 Å². The lowest BCUT2D eigenvalue weighted by molar-refractivity contribution is 0.0401. The van der Waals surface area contributed by atoms with Crippen molar-refractivity contribution in [2.45, 2.75) is 12.1 Å². The molecule has 1 aliphatic heterocycles. The van der Waals surface area contributed by atoms with E-state index >= 15 is 0 Å². The largest absolute Gasteiger partial charge is 0.489 e. The first-order chi connectivity index (χ1) is 15.2. The van der Waals surface area contributed by atoms with Gasteiger partial charge in [0.1, 0.15) is 18.5 Å². The first kappa shape index (κ1) is 21.8. The van der Waals surface area contributed by atoms with Crippen LogP contribution in [-0.4, -0.2) is 60.3 Å². The Bertz CT molecular complexity index is 891.